The highest BCUT2D eigenvalue weighted by Crippen LogP contribution is 2.31. The minimum Gasteiger partial charge on any atom is -0.465 e. The van der Waals surface area contributed by atoms with Gasteiger partial charge >= 0.3 is 5.97 Å². The molecule has 1 aliphatic rings. The Kier molecular flexibility index (Phi) is 4.12. The maximum absolute atomic E-state index is 11.5. The summed E-state index contributed by atoms with van der Waals surface area (Å²) in [5.74, 6) is 1.41. The number of aromatic nitrogens is 2. The number of esters is 1. The van der Waals surface area contributed by atoms with E-state index < -0.39 is 5.97 Å². The minimum atomic E-state index is -0.408. The monoisotopic (exact) mass is 249 g/mol. The fourth-order valence-electron chi connectivity index (χ4n) is 2.40. The second-order valence-corrected chi connectivity index (χ2v) is 4.57. The van der Waals surface area contributed by atoms with E-state index in [-0.39, 0.29) is 0 Å². The molecule has 0 aliphatic heterocycles. The molecule has 0 bridgehead atoms. The molecule has 0 saturated heterocycles. The average molecular weight is 249 g/mol. The molecule has 0 spiro atoms. The lowest BCUT2D eigenvalue weighted by molar-refractivity contribution is 0.0601. The van der Waals surface area contributed by atoms with E-state index >= 15 is 0 Å². The molecule has 0 amide bonds. The third kappa shape index (κ3) is 2.60. The first kappa shape index (κ1) is 12.8. The Labute approximate surface area is 107 Å². The number of nitrogens with zero attached hydrogens (tertiary/aromatic N) is 2. The maximum atomic E-state index is 11.5. The summed E-state index contributed by atoms with van der Waals surface area (Å²) in [5, 5.41) is 2.94. The van der Waals surface area contributed by atoms with Gasteiger partial charge in [0, 0.05) is 19.2 Å². The zero-order chi connectivity index (χ0) is 13.0. The van der Waals surface area contributed by atoms with E-state index in [9.17, 15) is 4.79 Å². The summed E-state index contributed by atoms with van der Waals surface area (Å²) in [6.45, 7) is 0. The van der Waals surface area contributed by atoms with Crippen molar-refractivity contribution in [2.24, 2.45) is 0 Å². The van der Waals surface area contributed by atoms with Gasteiger partial charge in [0.2, 0.25) is 0 Å². The van der Waals surface area contributed by atoms with Crippen molar-refractivity contribution in [2.75, 3.05) is 19.5 Å². The largest absolute Gasteiger partial charge is 0.465 e. The first-order valence-corrected chi connectivity index (χ1v) is 6.39. The summed E-state index contributed by atoms with van der Waals surface area (Å²) in [6, 6.07) is 0. The smallest absolute Gasteiger partial charge is 0.343 e. The number of rotatable bonds is 3. The van der Waals surface area contributed by atoms with Crippen LogP contribution in [-0.2, 0) is 4.74 Å². The molecule has 5 heteroatoms. The van der Waals surface area contributed by atoms with Gasteiger partial charge in [0.15, 0.2) is 0 Å². The molecule has 1 heterocycles. The molecule has 18 heavy (non-hydrogen) atoms. The molecule has 98 valence electrons. The lowest BCUT2D eigenvalue weighted by atomic mass is 9.88. The lowest BCUT2D eigenvalue weighted by Gasteiger charge is -2.20. The molecule has 0 unspecified atom stereocenters. The van der Waals surface area contributed by atoms with E-state index in [4.69, 9.17) is 4.74 Å². The second-order valence-electron chi connectivity index (χ2n) is 4.57. The van der Waals surface area contributed by atoms with Crippen LogP contribution in [0.1, 0.15) is 54.2 Å². The standard InChI is InChI=1S/C13H19N3O2/c1-14-12-10(13(17)18-2)8-15-11(16-12)9-6-4-3-5-7-9/h8-9H,3-7H2,1-2H3,(H,14,15,16). The van der Waals surface area contributed by atoms with Gasteiger partial charge in [0.05, 0.1) is 7.11 Å². The van der Waals surface area contributed by atoms with Crippen LogP contribution in [0.2, 0.25) is 0 Å². The molecule has 1 fully saturated rings. The predicted octanol–water partition coefficient (Wildman–Crippen LogP) is 2.35. The number of nitrogens with one attached hydrogen (secondary N) is 1. The van der Waals surface area contributed by atoms with Gasteiger partial charge in [-0.15, -0.1) is 0 Å². The Balaban J connectivity index is 2.26. The van der Waals surface area contributed by atoms with Crippen molar-refractivity contribution in [1.29, 1.82) is 0 Å². The molecular formula is C13H19N3O2. The van der Waals surface area contributed by atoms with Crippen LogP contribution in [0.3, 0.4) is 0 Å². The molecular weight excluding hydrogens is 230 g/mol. The van der Waals surface area contributed by atoms with E-state index in [1.54, 1.807) is 13.2 Å². The Bertz CT molecular complexity index is 428. The number of carbonyl (C=O) groups is 1. The van der Waals surface area contributed by atoms with Crippen molar-refractivity contribution in [3.8, 4) is 0 Å². The van der Waals surface area contributed by atoms with Crippen LogP contribution in [0.4, 0.5) is 5.82 Å². The summed E-state index contributed by atoms with van der Waals surface area (Å²) >= 11 is 0. The van der Waals surface area contributed by atoms with Gasteiger partial charge in [-0.1, -0.05) is 19.3 Å². The van der Waals surface area contributed by atoms with Crippen molar-refractivity contribution in [3.05, 3.63) is 17.6 Å². The highest BCUT2D eigenvalue weighted by molar-refractivity contribution is 5.94. The van der Waals surface area contributed by atoms with Crippen LogP contribution in [0.15, 0.2) is 6.20 Å². The van der Waals surface area contributed by atoms with Crippen molar-refractivity contribution in [1.82, 2.24) is 9.97 Å². The van der Waals surface area contributed by atoms with Crippen LogP contribution in [0.5, 0.6) is 0 Å². The minimum absolute atomic E-state index is 0.388. The van der Waals surface area contributed by atoms with E-state index in [1.165, 1.54) is 26.4 Å². The van der Waals surface area contributed by atoms with E-state index in [1.807, 2.05) is 0 Å². The van der Waals surface area contributed by atoms with Crippen molar-refractivity contribution in [2.45, 2.75) is 38.0 Å². The summed E-state index contributed by atoms with van der Waals surface area (Å²) < 4.78 is 4.71. The number of carbonyl (C=O) groups excluding carboxylic acids is 1. The van der Waals surface area contributed by atoms with Crippen molar-refractivity contribution in [3.63, 3.8) is 0 Å². The fourth-order valence-corrected chi connectivity index (χ4v) is 2.40. The highest BCUT2D eigenvalue weighted by atomic mass is 16.5. The molecule has 5 nitrogen and oxygen atoms in total. The Morgan fingerprint density at radius 1 is 1.39 bits per heavy atom. The highest BCUT2D eigenvalue weighted by Gasteiger charge is 2.21. The predicted molar refractivity (Wildman–Crippen MR) is 68.7 cm³/mol. The quantitative estimate of drug-likeness (QED) is 0.833. The number of methoxy groups -OCH3 is 1. The molecule has 0 radical (unpaired) electrons. The van der Waals surface area contributed by atoms with E-state index in [0.717, 1.165) is 18.7 Å². The second kappa shape index (κ2) is 5.80. The molecule has 1 aromatic rings. The number of hydrogen-bond acceptors (Lipinski definition) is 5. The third-order valence-corrected chi connectivity index (χ3v) is 3.42. The Morgan fingerprint density at radius 2 is 2.11 bits per heavy atom. The van der Waals surface area contributed by atoms with Crippen LogP contribution in [-0.4, -0.2) is 30.1 Å². The van der Waals surface area contributed by atoms with Gasteiger partial charge < -0.3 is 10.1 Å². The van der Waals surface area contributed by atoms with Gasteiger partial charge in [0.1, 0.15) is 17.2 Å². The number of hydrogen-bond donors (Lipinski definition) is 1. The van der Waals surface area contributed by atoms with Crippen LogP contribution < -0.4 is 5.32 Å². The lowest BCUT2D eigenvalue weighted by Crippen LogP contribution is -2.14. The van der Waals surface area contributed by atoms with Crippen LogP contribution in [0, 0.1) is 0 Å². The van der Waals surface area contributed by atoms with Crippen LogP contribution in [0.25, 0.3) is 0 Å². The topological polar surface area (TPSA) is 64.1 Å². The molecule has 0 atom stereocenters. The Morgan fingerprint density at radius 3 is 2.72 bits per heavy atom. The van der Waals surface area contributed by atoms with Gasteiger partial charge in [-0.25, -0.2) is 14.8 Å². The zero-order valence-corrected chi connectivity index (χ0v) is 10.9. The molecule has 1 aliphatic carbocycles. The van der Waals surface area contributed by atoms with Crippen molar-refractivity contribution >= 4 is 11.8 Å². The molecule has 2 rings (SSSR count). The maximum Gasteiger partial charge on any atom is 0.343 e. The van der Waals surface area contributed by atoms with E-state index in [2.05, 4.69) is 15.3 Å². The van der Waals surface area contributed by atoms with Crippen molar-refractivity contribution < 1.29 is 9.53 Å². The van der Waals surface area contributed by atoms with E-state index in [0.29, 0.717) is 17.3 Å². The zero-order valence-electron chi connectivity index (χ0n) is 10.9. The molecule has 1 saturated carbocycles. The van der Waals surface area contributed by atoms with Gasteiger partial charge in [-0.2, -0.15) is 0 Å². The molecule has 1 N–H and O–H groups in total. The summed E-state index contributed by atoms with van der Waals surface area (Å²) in [4.78, 5) is 20.3. The summed E-state index contributed by atoms with van der Waals surface area (Å²) in [7, 11) is 3.11. The first-order valence-electron chi connectivity index (χ1n) is 6.39. The normalized spacial score (nSPS) is 16.3. The molecule has 0 aromatic carbocycles. The SMILES string of the molecule is CNc1nc(C2CCCCC2)ncc1C(=O)OC. The average Bonchev–Trinajstić information content (AvgIpc) is 2.46. The summed E-state index contributed by atoms with van der Waals surface area (Å²) in [5.41, 5.74) is 0.388. The van der Waals surface area contributed by atoms with Gasteiger partial charge in [-0.05, 0) is 12.8 Å². The summed E-state index contributed by atoms with van der Waals surface area (Å²) in [6.07, 6.45) is 7.62. The first-order chi connectivity index (χ1) is 8.76. The van der Waals surface area contributed by atoms with Crippen LogP contribution >= 0.6 is 0 Å². The Hall–Kier alpha value is -1.65. The molecule has 1 aromatic heterocycles. The number of anilines is 1. The fraction of sp³-hybridized carbons (Fsp3) is 0.615. The van der Waals surface area contributed by atoms with Gasteiger partial charge in [0.25, 0.3) is 0 Å². The third-order valence-electron chi connectivity index (χ3n) is 3.42. The van der Waals surface area contributed by atoms with Gasteiger partial charge in [-0.3, -0.25) is 0 Å². The number of ether oxygens (including phenoxy) is 1.